The van der Waals surface area contributed by atoms with Crippen LogP contribution in [0.2, 0.25) is 0 Å². The van der Waals surface area contributed by atoms with E-state index in [-0.39, 0.29) is 21.1 Å². The summed E-state index contributed by atoms with van der Waals surface area (Å²) in [5, 5.41) is 0. The first kappa shape index (κ1) is 28.6. The summed E-state index contributed by atoms with van der Waals surface area (Å²) in [5.41, 5.74) is -3.28. The molecule has 0 radical (unpaired) electrons. The topological polar surface area (TPSA) is 153 Å². The zero-order chi connectivity index (χ0) is 30.1. The number of carbonyl (C=O) groups excluding carboxylic acids is 3. The van der Waals surface area contributed by atoms with Crippen molar-refractivity contribution < 1.29 is 36.0 Å². The summed E-state index contributed by atoms with van der Waals surface area (Å²) >= 11 is 0. The number of ketones is 2. The van der Waals surface area contributed by atoms with E-state index in [0.29, 0.717) is 5.56 Å². The van der Waals surface area contributed by atoms with Gasteiger partial charge in [-0.2, -0.15) is 12.8 Å². The molecule has 0 spiro atoms. The lowest BCUT2D eigenvalue weighted by Gasteiger charge is -2.36. The molecule has 3 aromatic carbocycles. The van der Waals surface area contributed by atoms with Gasteiger partial charge in [-0.3, -0.25) is 19.1 Å². The molecule has 0 amide bonds. The third-order valence-corrected chi connectivity index (χ3v) is 9.11. The van der Waals surface area contributed by atoms with Gasteiger partial charge in [0.15, 0.2) is 0 Å². The number of sulfonamides is 2. The molecular formula is C30H22N2O8S2. The van der Waals surface area contributed by atoms with E-state index < -0.39 is 54.5 Å². The van der Waals surface area contributed by atoms with Crippen LogP contribution < -0.4 is 4.72 Å². The number of rotatable bonds is 7. The number of carbonyl (C=O) groups is 3. The maximum Gasteiger partial charge on any atom is 0.304 e. The average molecular weight is 603 g/mol. The lowest BCUT2D eigenvalue weighted by Crippen LogP contribution is -2.47. The van der Waals surface area contributed by atoms with Crippen LogP contribution in [-0.4, -0.2) is 40.1 Å². The van der Waals surface area contributed by atoms with Gasteiger partial charge in [0.05, 0.1) is 21.1 Å². The highest BCUT2D eigenvalue weighted by atomic mass is 32.2. The zero-order valence-electron chi connectivity index (χ0n) is 21.9. The van der Waals surface area contributed by atoms with Gasteiger partial charge in [0.1, 0.15) is 5.71 Å². The fraction of sp³-hybridized carbons (Fsp3) is 0.0667. The highest BCUT2D eigenvalue weighted by Crippen LogP contribution is 2.43. The van der Waals surface area contributed by atoms with Crippen LogP contribution in [0.4, 0.5) is 0 Å². The standard InChI is InChI=1S/C30H22N2O8S2/c1-20(33)40-30(25-15-9-8-10-21(25)16-17-28(30)34)26-18-22(31-41(36,37)23-11-4-2-5-12-23)19-27(29(26)35)32-42(38,39)24-13-6-3-7-14-24/h2-19,31H,1H3. The predicted octanol–water partition coefficient (Wildman–Crippen LogP) is 3.24. The van der Waals surface area contributed by atoms with Crippen LogP contribution in [-0.2, 0) is 44.8 Å². The number of hydrogen-bond acceptors (Lipinski definition) is 8. The molecule has 2 aliphatic carbocycles. The molecule has 0 saturated heterocycles. The van der Waals surface area contributed by atoms with Crippen molar-refractivity contribution in [3.63, 3.8) is 0 Å². The fourth-order valence-electron chi connectivity index (χ4n) is 4.62. The molecule has 42 heavy (non-hydrogen) atoms. The second-order valence-electron chi connectivity index (χ2n) is 9.23. The number of esters is 1. The third-order valence-electron chi connectivity index (χ3n) is 6.41. The van der Waals surface area contributed by atoms with Gasteiger partial charge in [-0.15, -0.1) is 0 Å². The van der Waals surface area contributed by atoms with E-state index in [1.807, 2.05) is 0 Å². The minimum atomic E-state index is -4.47. The first-order valence-corrected chi connectivity index (χ1v) is 15.3. The number of nitrogens with one attached hydrogen (secondary N) is 1. The molecule has 0 heterocycles. The molecule has 0 aromatic heterocycles. The Morgan fingerprint density at radius 3 is 2.02 bits per heavy atom. The summed E-state index contributed by atoms with van der Waals surface area (Å²) in [5.74, 6) is -2.79. The number of allylic oxidation sites excluding steroid dienone is 2. The monoisotopic (exact) mass is 602 g/mol. The molecule has 212 valence electrons. The van der Waals surface area contributed by atoms with Gasteiger partial charge in [0.25, 0.3) is 20.0 Å². The van der Waals surface area contributed by atoms with E-state index in [1.165, 1.54) is 60.7 Å². The molecular weight excluding hydrogens is 580 g/mol. The SMILES string of the molecule is CC(=O)OC1(C2=CC(NS(=O)(=O)c3ccccc3)=CC(=NS(=O)(=O)c3ccccc3)C2=O)C(=O)C=Cc2ccccc21. The minimum absolute atomic E-state index is 0.120. The van der Waals surface area contributed by atoms with Gasteiger partial charge >= 0.3 is 5.97 Å². The largest absolute Gasteiger partial charge is 0.441 e. The maximum atomic E-state index is 14.0. The lowest BCUT2D eigenvalue weighted by molar-refractivity contribution is -0.161. The summed E-state index contributed by atoms with van der Waals surface area (Å²) in [7, 11) is -8.72. The number of Topliss-reactive ketones (excluding diaryl/α,β-unsaturated/α-hetero) is 1. The Kier molecular flexibility index (Phi) is 7.35. The summed E-state index contributed by atoms with van der Waals surface area (Å²) in [6.45, 7) is 1.05. The second-order valence-corrected chi connectivity index (χ2v) is 12.5. The summed E-state index contributed by atoms with van der Waals surface area (Å²) < 4.78 is 64.4. The zero-order valence-corrected chi connectivity index (χ0v) is 23.6. The Morgan fingerprint density at radius 2 is 1.38 bits per heavy atom. The Balaban J connectivity index is 1.75. The first-order chi connectivity index (χ1) is 19.9. The van der Waals surface area contributed by atoms with Gasteiger partial charge in [-0.1, -0.05) is 66.7 Å². The first-order valence-electron chi connectivity index (χ1n) is 12.4. The molecule has 0 aliphatic heterocycles. The summed E-state index contributed by atoms with van der Waals surface area (Å²) in [4.78, 5) is 39.7. The highest BCUT2D eigenvalue weighted by Gasteiger charge is 2.52. The van der Waals surface area contributed by atoms with Gasteiger partial charge in [-0.05, 0) is 48.1 Å². The molecule has 1 N–H and O–H groups in total. The van der Waals surface area contributed by atoms with Crippen LogP contribution in [0.5, 0.6) is 0 Å². The molecule has 0 saturated carbocycles. The van der Waals surface area contributed by atoms with Gasteiger partial charge in [-0.25, -0.2) is 8.42 Å². The smallest absolute Gasteiger partial charge is 0.304 e. The van der Waals surface area contributed by atoms with Crippen LogP contribution in [0.15, 0.2) is 129 Å². The lowest BCUT2D eigenvalue weighted by atomic mass is 9.73. The van der Waals surface area contributed by atoms with Crippen molar-refractivity contribution in [1.29, 1.82) is 0 Å². The van der Waals surface area contributed by atoms with Crippen molar-refractivity contribution >= 4 is 49.4 Å². The third kappa shape index (κ3) is 5.24. The Labute approximate surface area is 241 Å². The normalized spacial score (nSPS) is 19.5. The molecule has 1 unspecified atom stereocenters. The summed E-state index contributed by atoms with van der Waals surface area (Å²) in [6, 6.07) is 20.8. The Hall–Kier alpha value is -4.94. The summed E-state index contributed by atoms with van der Waals surface area (Å²) in [6.07, 6.45) is 4.61. The molecule has 12 heteroatoms. The van der Waals surface area contributed by atoms with Crippen LogP contribution in [0, 0.1) is 0 Å². The fourth-order valence-corrected chi connectivity index (χ4v) is 6.68. The van der Waals surface area contributed by atoms with E-state index in [0.717, 1.165) is 25.2 Å². The molecule has 10 nitrogen and oxygen atoms in total. The quantitative estimate of drug-likeness (QED) is 0.320. The van der Waals surface area contributed by atoms with Crippen molar-refractivity contribution in [2.24, 2.45) is 4.40 Å². The van der Waals surface area contributed by atoms with Crippen molar-refractivity contribution in [1.82, 2.24) is 4.72 Å². The van der Waals surface area contributed by atoms with E-state index in [9.17, 15) is 31.2 Å². The van der Waals surface area contributed by atoms with Gasteiger partial charge in [0, 0.05) is 12.5 Å². The van der Waals surface area contributed by atoms with E-state index in [4.69, 9.17) is 4.74 Å². The molecule has 0 bridgehead atoms. The highest BCUT2D eigenvalue weighted by molar-refractivity contribution is 7.90. The minimum Gasteiger partial charge on any atom is -0.441 e. The molecule has 1 atom stereocenters. The molecule has 3 aromatic rings. The van der Waals surface area contributed by atoms with Crippen LogP contribution in [0.25, 0.3) is 6.08 Å². The number of fused-ring (bicyclic) bond motifs is 1. The Morgan fingerprint density at radius 1 is 0.786 bits per heavy atom. The van der Waals surface area contributed by atoms with E-state index in [1.54, 1.807) is 30.3 Å². The van der Waals surface area contributed by atoms with Crippen molar-refractivity contribution in [3.05, 3.63) is 126 Å². The van der Waals surface area contributed by atoms with Crippen molar-refractivity contribution in [2.75, 3.05) is 0 Å². The van der Waals surface area contributed by atoms with E-state index >= 15 is 0 Å². The predicted molar refractivity (Wildman–Crippen MR) is 153 cm³/mol. The average Bonchev–Trinajstić information content (AvgIpc) is 2.97. The van der Waals surface area contributed by atoms with Crippen molar-refractivity contribution in [2.45, 2.75) is 22.3 Å². The van der Waals surface area contributed by atoms with Gasteiger partial charge < -0.3 is 4.74 Å². The van der Waals surface area contributed by atoms with Crippen LogP contribution in [0.3, 0.4) is 0 Å². The molecule has 0 fully saturated rings. The Bertz CT molecular complexity index is 1960. The van der Waals surface area contributed by atoms with Gasteiger partial charge in [0.2, 0.25) is 17.2 Å². The number of hydrogen-bond donors (Lipinski definition) is 1. The molecule has 2 aliphatic rings. The number of benzene rings is 3. The van der Waals surface area contributed by atoms with E-state index in [2.05, 4.69) is 9.12 Å². The number of nitrogens with zero attached hydrogens (tertiary/aromatic N) is 1. The van der Waals surface area contributed by atoms with Crippen molar-refractivity contribution in [3.8, 4) is 0 Å². The maximum absolute atomic E-state index is 14.0. The number of ether oxygens (including phenoxy) is 1. The van der Waals surface area contributed by atoms with Crippen LogP contribution >= 0.6 is 0 Å². The second kappa shape index (κ2) is 10.8. The molecule has 5 rings (SSSR count). The van der Waals surface area contributed by atoms with Crippen LogP contribution in [0.1, 0.15) is 18.1 Å².